The Labute approximate surface area is 279 Å². The van der Waals surface area contributed by atoms with Crippen LogP contribution in [-0.4, -0.2) is 45.2 Å². The first-order valence-corrected chi connectivity index (χ1v) is 16.9. The third kappa shape index (κ3) is 11.1. The summed E-state index contributed by atoms with van der Waals surface area (Å²) in [5, 5.41) is 0. The van der Waals surface area contributed by atoms with Crippen molar-refractivity contribution in [1.29, 1.82) is 0 Å². The van der Waals surface area contributed by atoms with E-state index >= 15 is 0 Å². The van der Waals surface area contributed by atoms with Crippen LogP contribution in [0.4, 0.5) is 0 Å². The second kappa shape index (κ2) is 19.3. The molecule has 3 aromatic carbocycles. The highest BCUT2D eigenvalue weighted by atomic mass is 16.5. The third-order valence-electron chi connectivity index (χ3n) is 8.60. The summed E-state index contributed by atoms with van der Waals surface area (Å²) in [7, 11) is 2.78. The zero-order valence-electron chi connectivity index (χ0n) is 27.9. The van der Waals surface area contributed by atoms with Gasteiger partial charge in [-0.3, -0.25) is 14.4 Å². The van der Waals surface area contributed by atoms with Gasteiger partial charge in [-0.25, -0.2) is 0 Å². The number of hydrogen-bond acceptors (Lipinski definition) is 7. The molecule has 7 nitrogen and oxygen atoms in total. The lowest BCUT2D eigenvalue weighted by Crippen LogP contribution is -2.14. The molecule has 0 heterocycles. The van der Waals surface area contributed by atoms with Crippen LogP contribution in [0.5, 0.6) is 11.5 Å². The fourth-order valence-corrected chi connectivity index (χ4v) is 6.06. The number of unbranched alkanes of at least 4 members (excludes halogenated alkanes) is 3. The molecule has 1 aliphatic carbocycles. The summed E-state index contributed by atoms with van der Waals surface area (Å²) in [4.78, 5) is 36.0. The highest BCUT2D eigenvalue weighted by Crippen LogP contribution is 2.32. The summed E-state index contributed by atoms with van der Waals surface area (Å²) >= 11 is 0. The summed E-state index contributed by atoms with van der Waals surface area (Å²) in [6, 6.07) is 20.2. The zero-order chi connectivity index (χ0) is 33.3. The Bertz CT molecular complexity index is 1490. The van der Waals surface area contributed by atoms with E-state index < -0.39 is 0 Å². The van der Waals surface area contributed by atoms with Gasteiger partial charge in [-0.2, -0.15) is 0 Å². The first kappa shape index (κ1) is 35.5. The van der Waals surface area contributed by atoms with Gasteiger partial charge in [0.05, 0.1) is 27.4 Å². The molecule has 4 rings (SSSR count). The largest absolute Gasteiger partial charge is 0.493 e. The molecule has 0 amide bonds. The molecule has 0 saturated carbocycles. The lowest BCUT2D eigenvalue weighted by atomic mass is 9.86. The monoisotopic (exact) mass is 640 g/mol. The van der Waals surface area contributed by atoms with Crippen LogP contribution in [0.15, 0.2) is 66.7 Å². The van der Waals surface area contributed by atoms with E-state index in [1.165, 1.54) is 19.8 Å². The number of Topliss-reactive ketones (excluding diaryl/α,β-unsaturated/α-hetero) is 1. The van der Waals surface area contributed by atoms with E-state index in [4.69, 9.17) is 18.9 Å². The van der Waals surface area contributed by atoms with E-state index in [0.717, 1.165) is 90.7 Å². The highest BCUT2D eigenvalue weighted by Gasteiger charge is 2.22. The Morgan fingerprint density at radius 3 is 2.21 bits per heavy atom. The van der Waals surface area contributed by atoms with Gasteiger partial charge in [-0.05, 0) is 91.8 Å². The fourth-order valence-electron chi connectivity index (χ4n) is 6.06. The number of esters is 2. The summed E-state index contributed by atoms with van der Waals surface area (Å²) in [6.45, 7) is 1.02. The number of ketones is 1. The quantitative estimate of drug-likeness (QED) is 0.0967. The molecule has 250 valence electrons. The van der Waals surface area contributed by atoms with E-state index in [0.29, 0.717) is 38.9 Å². The van der Waals surface area contributed by atoms with Crippen molar-refractivity contribution in [1.82, 2.24) is 0 Å². The third-order valence-corrected chi connectivity index (χ3v) is 8.60. The lowest BCUT2D eigenvalue weighted by molar-refractivity contribution is -0.141. The van der Waals surface area contributed by atoms with E-state index in [9.17, 15) is 14.4 Å². The molecule has 3 aromatic rings. The number of aryl methyl sites for hydroxylation is 1. The molecule has 0 fully saturated rings. The molecule has 0 unspecified atom stereocenters. The van der Waals surface area contributed by atoms with Crippen LogP contribution in [-0.2, 0) is 44.7 Å². The van der Waals surface area contributed by atoms with Crippen molar-refractivity contribution in [3.8, 4) is 11.5 Å². The molecule has 0 aromatic heterocycles. The summed E-state index contributed by atoms with van der Waals surface area (Å²) in [5.41, 5.74) is 6.49. The molecular formula is C40H48O7. The summed E-state index contributed by atoms with van der Waals surface area (Å²) in [6.07, 6.45) is 14.0. The van der Waals surface area contributed by atoms with E-state index in [1.54, 1.807) is 0 Å². The molecule has 0 radical (unpaired) electrons. The van der Waals surface area contributed by atoms with Crippen molar-refractivity contribution in [3.05, 3.63) is 100 Å². The number of methoxy groups -OCH3 is 2. The predicted octanol–water partition coefficient (Wildman–Crippen LogP) is 8.08. The minimum atomic E-state index is -0.255. The van der Waals surface area contributed by atoms with Gasteiger partial charge < -0.3 is 18.9 Å². The maximum Gasteiger partial charge on any atom is 0.305 e. The standard InChI is InChI=1S/C40H48O7/c1-44-39(42)23-13-29-47-37-22-11-18-31(32(37)25-27-40(43)45-2)17-8-3-4-9-28-46-38-26-24-34-33(19-12-21-36(34)41)35(38)20-10-16-30-14-6-5-7-15-30/h5-7,10-11,14-16,18,22,24,26H,3-4,8-9,12-13,17,19-21,23,25,27-29H2,1-2H3/b16-10+. The van der Waals surface area contributed by atoms with Gasteiger partial charge in [0.15, 0.2) is 5.78 Å². The Kier molecular flexibility index (Phi) is 14.6. The minimum Gasteiger partial charge on any atom is -0.493 e. The van der Waals surface area contributed by atoms with Gasteiger partial charge in [-0.15, -0.1) is 0 Å². The van der Waals surface area contributed by atoms with Crippen LogP contribution < -0.4 is 9.47 Å². The van der Waals surface area contributed by atoms with Gasteiger partial charge >= 0.3 is 11.9 Å². The van der Waals surface area contributed by atoms with Gasteiger partial charge in [0.1, 0.15) is 11.5 Å². The number of rotatable bonds is 19. The molecule has 7 heteroatoms. The Hall–Kier alpha value is -4.39. The van der Waals surface area contributed by atoms with Gasteiger partial charge in [-0.1, -0.05) is 67.5 Å². The van der Waals surface area contributed by atoms with Gasteiger partial charge in [0.25, 0.3) is 0 Å². The van der Waals surface area contributed by atoms with Crippen LogP contribution in [0.1, 0.15) is 96.0 Å². The average molecular weight is 641 g/mol. The normalized spacial score (nSPS) is 12.5. The Morgan fingerprint density at radius 1 is 0.702 bits per heavy atom. The Morgan fingerprint density at radius 2 is 1.43 bits per heavy atom. The maximum absolute atomic E-state index is 12.6. The second-order valence-corrected chi connectivity index (χ2v) is 11.9. The summed E-state index contributed by atoms with van der Waals surface area (Å²) in [5.74, 6) is 1.36. The SMILES string of the molecule is COC(=O)CCCOc1cccc(CCCCCCOc2ccc3c(c2C/C=C/c2ccccc2)CCCC3=O)c1CCC(=O)OC. The highest BCUT2D eigenvalue weighted by molar-refractivity contribution is 5.99. The number of carbonyl (C=O) groups excluding carboxylic acids is 3. The van der Waals surface area contributed by atoms with Crippen molar-refractivity contribution in [2.75, 3.05) is 27.4 Å². The lowest BCUT2D eigenvalue weighted by Gasteiger charge is -2.21. The number of benzene rings is 3. The molecule has 0 spiro atoms. The van der Waals surface area contributed by atoms with Crippen LogP contribution >= 0.6 is 0 Å². The van der Waals surface area contributed by atoms with E-state index in [-0.39, 0.29) is 24.1 Å². The van der Waals surface area contributed by atoms with Crippen LogP contribution in [0.2, 0.25) is 0 Å². The topological polar surface area (TPSA) is 88.1 Å². The molecule has 0 saturated heterocycles. The Balaban J connectivity index is 1.29. The van der Waals surface area contributed by atoms with Crippen molar-refractivity contribution in [3.63, 3.8) is 0 Å². The molecule has 47 heavy (non-hydrogen) atoms. The number of hydrogen-bond donors (Lipinski definition) is 0. The fraction of sp³-hybridized carbons (Fsp3) is 0.425. The van der Waals surface area contributed by atoms with Gasteiger partial charge in [0, 0.05) is 30.4 Å². The van der Waals surface area contributed by atoms with E-state index in [2.05, 4.69) is 30.4 Å². The number of allylic oxidation sites excluding steroid dienone is 1. The molecule has 0 N–H and O–H groups in total. The molecule has 0 bridgehead atoms. The van der Waals surface area contributed by atoms with Crippen molar-refractivity contribution in [2.24, 2.45) is 0 Å². The van der Waals surface area contributed by atoms with Crippen molar-refractivity contribution < 1.29 is 33.3 Å². The maximum atomic E-state index is 12.6. The molecule has 0 atom stereocenters. The zero-order valence-corrected chi connectivity index (χ0v) is 27.9. The van der Waals surface area contributed by atoms with Crippen molar-refractivity contribution in [2.45, 2.75) is 83.5 Å². The predicted molar refractivity (Wildman–Crippen MR) is 184 cm³/mol. The van der Waals surface area contributed by atoms with Gasteiger partial charge in [0.2, 0.25) is 0 Å². The molecular weight excluding hydrogens is 592 g/mol. The number of ether oxygens (including phenoxy) is 4. The molecule has 1 aliphatic rings. The van der Waals surface area contributed by atoms with Crippen molar-refractivity contribution >= 4 is 23.8 Å². The number of carbonyl (C=O) groups is 3. The minimum absolute atomic E-state index is 0.232. The average Bonchev–Trinajstić information content (AvgIpc) is 3.10. The van der Waals surface area contributed by atoms with E-state index in [1.807, 2.05) is 42.5 Å². The van der Waals surface area contributed by atoms with Crippen LogP contribution in [0.25, 0.3) is 6.08 Å². The second-order valence-electron chi connectivity index (χ2n) is 11.9. The smallest absolute Gasteiger partial charge is 0.305 e. The molecule has 0 aliphatic heterocycles. The van der Waals surface area contributed by atoms with Crippen LogP contribution in [0, 0.1) is 0 Å². The summed E-state index contributed by atoms with van der Waals surface area (Å²) < 4.78 is 22.0. The van der Waals surface area contributed by atoms with Crippen LogP contribution in [0.3, 0.4) is 0 Å². The first-order chi connectivity index (χ1) is 23.0. The number of fused-ring (bicyclic) bond motifs is 1. The first-order valence-electron chi connectivity index (χ1n) is 16.9.